The first-order valence-electron chi connectivity index (χ1n) is 10.2. The van der Waals surface area contributed by atoms with E-state index >= 15 is 0 Å². The first-order valence-corrected chi connectivity index (χ1v) is 11.0. The maximum Gasteiger partial charge on any atom is 0.266 e. The lowest BCUT2D eigenvalue weighted by Crippen LogP contribution is -2.20. The van der Waals surface area contributed by atoms with Gasteiger partial charge in [-0.2, -0.15) is 5.26 Å². The van der Waals surface area contributed by atoms with Gasteiger partial charge in [0.15, 0.2) is 6.61 Å². The van der Waals surface area contributed by atoms with E-state index in [1.165, 1.54) is 12.1 Å². The van der Waals surface area contributed by atoms with Crippen LogP contribution in [0.15, 0.2) is 66.2 Å². The number of nitrogens with zero attached hydrogens (tertiary/aromatic N) is 1. The third-order valence-electron chi connectivity index (χ3n) is 4.87. The standard InChI is InChI=1S/C26H21Cl2N3O3/c1-16-6-7-20(10-17(16)2)30-25(32)15-34-22-5-3-4-18(12-22)11-19(14-29)26(33)31-21-8-9-23(27)24(28)13-21/h3-13H,15H2,1-2H3,(H,30,32)(H,31,33). The van der Waals surface area contributed by atoms with E-state index in [0.29, 0.717) is 27.7 Å². The Kier molecular flexibility index (Phi) is 8.31. The number of carbonyl (C=O) groups excluding carboxylic acids is 2. The van der Waals surface area contributed by atoms with Crippen molar-refractivity contribution in [2.24, 2.45) is 0 Å². The monoisotopic (exact) mass is 493 g/mol. The number of amides is 2. The summed E-state index contributed by atoms with van der Waals surface area (Å²) in [7, 11) is 0. The molecule has 172 valence electrons. The Labute approximate surface area is 207 Å². The van der Waals surface area contributed by atoms with Crippen LogP contribution in [0.25, 0.3) is 6.08 Å². The molecular formula is C26H21Cl2N3O3. The fourth-order valence-electron chi connectivity index (χ4n) is 2.95. The highest BCUT2D eigenvalue weighted by atomic mass is 35.5. The first kappa shape index (κ1) is 24.8. The Bertz CT molecular complexity index is 1310. The van der Waals surface area contributed by atoms with Crippen LogP contribution < -0.4 is 15.4 Å². The van der Waals surface area contributed by atoms with Crippen molar-refractivity contribution in [3.05, 3.63) is 93.0 Å². The molecule has 0 unspecified atom stereocenters. The average molecular weight is 494 g/mol. The van der Waals surface area contributed by atoms with Crippen LogP contribution in [0.2, 0.25) is 10.0 Å². The van der Waals surface area contributed by atoms with Crippen molar-refractivity contribution in [3.63, 3.8) is 0 Å². The Hall–Kier alpha value is -3.79. The Morgan fingerprint density at radius 3 is 2.38 bits per heavy atom. The summed E-state index contributed by atoms with van der Waals surface area (Å²) in [6, 6.07) is 18.9. The van der Waals surface area contributed by atoms with E-state index < -0.39 is 5.91 Å². The van der Waals surface area contributed by atoms with Crippen LogP contribution >= 0.6 is 23.2 Å². The van der Waals surface area contributed by atoms with Gasteiger partial charge in [-0.1, -0.05) is 41.4 Å². The second-order valence-corrected chi connectivity index (χ2v) is 8.28. The van der Waals surface area contributed by atoms with Crippen molar-refractivity contribution in [3.8, 4) is 11.8 Å². The molecule has 0 spiro atoms. The lowest BCUT2D eigenvalue weighted by atomic mass is 10.1. The molecule has 0 saturated carbocycles. The summed E-state index contributed by atoms with van der Waals surface area (Å²) in [5.41, 5.74) is 3.77. The van der Waals surface area contributed by atoms with Crippen molar-refractivity contribution >= 4 is 52.5 Å². The van der Waals surface area contributed by atoms with E-state index in [2.05, 4.69) is 10.6 Å². The third kappa shape index (κ3) is 6.85. The molecule has 34 heavy (non-hydrogen) atoms. The fraction of sp³-hybridized carbons (Fsp3) is 0.115. The topological polar surface area (TPSA) is 91.2 Å². The summed E-state index contributed by atoms with van der Waals surface area (Å²) in [4.78, 5) is 24.7. The van der Waals surface area contributed by atoms with Crippen LogP contribution in [-0.2, 0) is 9.59 Å². The normalized spacial score (nSPS) is 10.9. The zero-order valence-corrected chi connectivity index (χ0v) is 20.0. The van der Waals surface area contributed by atoms with Gasteiger partial charge in [0.05, 0.1) is 10.0 Å². The summed E-state index contributed by atoms with van der Waals surface area (Å²) in [6.45, 7) is 3.78. The van der Waals surface area contributed by atoms with Gasteiger partial charge in [-0.05, 0) is 79.1 Å². The number of ether oxygens (including phenoxy) is 1. The highest BCUT2D eigenvalue weighted by Gasteiger charge is 2.11. The Morgan fingerprint density at radius 1 is 0.941 bits per heavy atom. The quantitative estimate of drug-likeness (QED) is 0.304. The average Bonchev–Trinajstić information content (AvgIpc) is 2.81. The van der Waals surface area contributed by atoms with Gasteiger partial charge in [-0.25, -0.2) is 0 Å². The van der Waals surface area contributed by atoms with E-state index in [0.717, 1.165) is 11.1 Å². The number of hydrogen-bond donors (Lipinski definition) is 2. The molecule has 0 saturated heterocycles. The zero-order valence-electron chi connectivity index (χ0n) is 18.5. The smallest absolute Gasteiger partial charge is 0.266 e. The molecule has 3 rings (SSSR count). The van der Waals surface area contributed by atoms with Gasteiger partial charge in [0.25, 0.3) is 11.8 Å². The van der Waals surface area contributed by atoms with Gasteiger partial charge in [-0.3, -0.25) is 9.59 Å². The summed E-state index contributed by atoms with van der Waals surface area (Å²) in [6.07, 6.45) is 1.43. The molecule has 0 bridgehead atoms. The number of nitriles is 1. The number of rotatable bonds is 7. The van der Waals surface area contributed by atoms with Crippen LogP contribution in [0.5, 0.6) is 5.75 Å². The maximum absolute atomic E-state index is 12.5. The molecule has 0 aliphatic heterocycles. The van der Waals surface area contributed by atoms with Crippen LogP contribution in [-0.4, -0.2) is 18.4 Å². The number of aryl methyl sites for hydroxylation is 2. The zero-order chi connectivity index (χ0) is 24.7. The van der Waals surface area contributed by atoms with Crippen molar-refractivity contribution in [1.29, 1.82) is 5.26 Å². The molecule has 0 atom stereocenters. The molecule has 0 heterocycles. The molecule has 8 heteroatoms. The fourth-order valence-corrected chi connectivity index (χ4v) is 3.24. The van der Waals surface area contributed by atoms with Crippen molar-refractivity contribution in [1.82, 2.24) is 0 Å². The minimum absolute atomic E-state index is 0.115. The van der Waals surface area contributed by atoms with Crippen molar-refractivity contribution in [2.75, 3.05) is 17.2 Å². The second-order valence-electron chi connectivity index (χ2n) is 7.46. The third-order valence-corrected chi connectivity index (χ3v) is 5.61. The predicted octanol–water partition coefficient (Wildman–Crippen LogP) is 6.17. The largest absolute Gasteiger partial charge is 0.484 e. The SMILES string of the molecule is Cc1ccc(NC(=O)COc2cccc(C=C(C#N)C(=O)Nc3ccc(Cl)c(Cl)c3)c2)cc1C. The van der Waals surface area contributed by atoms with Crippen molar-refractivity contribution < 1.29 is 14.3 Å². The van der Waals surface area contributed by atoms with Crippen LogP contribution in [0.1, 0.15) is 16.7 Å². The summed E-state index contributed by atoms with van der Waals surface area (Å²) >= 11 is 11.8. The summed E-state index contributed by atoms with van der Waals surface area (Å²) in [5.74, 6) is -0.478. The number of halogens is 2. The van der Waals surface area contributed by atoms with E-state index in [1.807, 2.05) is 38.1 Å². The minimum Gasteiger partial charge on any atom is -0.484 e. The maximum atomic E-state index is 12.5. The Morgan fingerprint density at radius 2 is 1.68 bits per heavy atom. The minimum atomic E-state index is -0.597. The second kappa shape index (κ2) is 11.4. The van der Waals surface area contributed by atoms with Crippen LogP contribution in [0, 0.1) is 25.2 Å². The first-order chi connectivity index (χ1) is 16.2. The summed E-state index contributed by atoms with van der Waals surface area (Å²) < 4.78 is 5.58. The number of anilines is 2. The molecule has 2 N–H and O–H groups in total. The molecule has 0 radical (unpaired) electrons. The van der Waals surface area contributed by atoms with Gasteiger partial charge in [0.2, 0.25) is 0 Å². The molecule has 3 aromatic rings. The van der Waals surface area contributed by atoms with Gasteiger partial charge >= 0.3 is 0 Å². The number of hydrogen-bond acceptors (Lipinski definition) is 4. The van der Waals surface area contributed by atoms with Gasteiger partial charge in [0.1, 0.15) is 17.4 Å². The van der Waals surface area contributed by atoms with Gasteiger partial charge in [-0.15, -0.1) is 0 Å². The molecule has 0 aliphatic rings. The van der Waals surface area contributed by atoms with E-state index in [9.17, 15) is 14.9 Å². The van der Waals surface area contributed by atoms with E-state index in [1.54, 1.807) is 36.4 Å². The molecular weight excluding hydrogens is 473 g/mol. The highest BCUT2D eigenvalue weighted by molar-refractivity contribution is 6.42. The molecule has 0 aliphatic carbocycles. The molecule has 0 fully saturated rings. The van der Waals surface area contributed by atoms with Crippen LogP contribution in [0.3, 0.4) is 0 Å². The molecule has 0 aromatic heterocycles. The molecule has 2 amide bonds. The van der Waals surface area contributed by atoms with Gasteiger partial charge < -0.3 is 15.4 Å². The predicted molar refractivity (Wildman–Crippen MR) is 135 cm³/mol. The highest BCUT2D eigenvalue weighted by Crippen LogP contribution is 2.25. The molecule has 6 nitrogen and oxygen atoms in total. The summed E-state index contributed by atoms with van der Waals surface area (Å²) in [5, 5.41) is 15.5. The number of benzene rings is 3. The number of nitrogens with one attached hydrogen (secondary N) is 2. The van der Waals surface area contributed by atoms with E-state index in [-0.39, 0.29) is 23.1 Å². The Balaban J connectivity index is 1.64. The van der Waals surface area contributed by atoms with Crippen molar-refractivity contribution in [2.45, 2.75) is 13.8 Å². The van der Waals surface area contributed by atoms with Crippen LogP contribution in [0.4, 0.5) is 11.4 Å². The lowest BCUT2D eigenvalue weighted by molar-refractivity contribution is -0.118. The molecule has 3 aromatic carbocycles. The lowest BCUT2D eigenvalue weighted by Gasteiger charge is -2.10. The number of carbonyl (C=O) groups is 2. The van der Waals surface area contributed by atoms with E-state index in [4.69, 9.17) is 27.9 Å². The van der Waals surface area contributed by atoms with Gasteiger partial charge in [0, 0.05) is 11.4 Å².